The van der Waals surface area contributed by atoms with E-state index >= 15 is 0 Å². The highest BCUT2D eigenvalue weighted by atomic mass is 19.1. The lowest BCUT2D eigenvalue weighted by Crippen LogP contribution is -2.44. The number of nitrogens with one attached hydrogen (secondary N) is 1. The molecule has 1 aromatic carbocycles. The van der Waals surface area contributed by atoms with Crippen molar-refractivity contribution in [2.24, 2.45) is 0 Å². The minimum Gasteiger partial charge on any atom is -0.351 e. The summed E-state index contributed by atoms with van der Waals surface area (Å²) in [7, 11) is 0. The highest BCUT2D eigenvalue weighted by Gasteiger charge is 2.29. The van der Waals surface area contributed by atoms with Gasteiger partial charge in [-0.15, -0.1) is 0 Å². The molecular weight excluding hydrogens is 371 g/mol. The molecule has 2 aliphatic rings. The van der Waals surface area contributed by atoms with E-state index in [1.165, 1.54) is 19.1 Å². The Hall–Kier alpha value is -3.29. The molecule has 0 atom stereocenters. The van der Waals surface area contributed by atoms with Crippen LogP contribution in [0, 0.1) is 5.82 Å². The van der Waals surface area contributed by atoms with Crippen molar-refractivity contribution in [1.29, 1.82) is 0 Å². The van der Waals surface area contributed by atoms with Gasteiger partial charge in [0, 0.05) is 31.3 Å². The lowest BCUT2D eigenvalue weighted by Gasteiger charge is -2.27. The Kier molecular flexibility index (Phi) is 4.26. The van der Waals surface area contributed by atoms with Crippen LogP contribution in [0.25, 0.3) is 22.5 Å². The highest BCUT2D eigenvalue weighted by Crippen LogP contribution is 2.36. The van der Waals surface area contributed by atoms with Crippen LogP contribution in [-0.2, 0) is 11.2 Å². The van der Waals surface area contributed by atoms with Gasteiger partial charge in [-0.3, -0.25) is 4.79 Å². The van der Waals surface area contributed by atoms with Crippen LogP contribution in [0.1, 0.15) is 31.9 Å². The second-order valence-corrected chi connectivity index (χ2v) is 7.50. The lowest BCUT2D eigenvalue weighted by atomic mass is 10.0. The van der Waals surface area contributed by atoms with E-state index in [4.69, 9.17) is 10.1 Å². The summed E-state index contributed by atoms with van der Waals surface area (Å²) < 4.78 is 13.5. The fourth-order valence-electron chi connectivity index (χ4n) is 3.70. The van der Waals surface area contributed by atoms with Crippen LogP contribution in [0.15, 0.2) is 36.5 Å². The fraction of sp³-hybridized carbons (Fsp3) is 0.333. The molecule has 1 saturated carbocycles. The number of rotatable bonds is 4. The van der Waals surface area contributed by atoms with Crippen LogP contribution in [0.2, 0.25) is 0 Å². The summed E-state index contributed by atoms with van der Waals surface area (Å²) in [6, 6.07) is 8.54. The predicted molar refractivity (Wildman–Crippen MR) is 107 cm³/mol. The maximum Gasteiger partial charge on any atom is 0.239 e. The van der Waals surface area contributed by atoms with Gasteiger partial charge in [-0.25, -0.2) is 19.4 Å². The summed E-state index contributed by atoms with van der Waals surface area (Å²) in [5.41, 5.74) is 4.01. The number of anilines is 1. The van der Waals surface area contributed by atoms with Gasteiger partial charge in [0.2, 0.25) is 11.9 Å². The van der Waals surface area contributed by atoms with Crippen molar-refractivity contribution in [2.45, 2.75) is 38.6 Å². The molecule has 148 valence electrons. The average Bonchev–Trinajstić information content (AvgIpc) is 3.44. The largest absolute Gasteiger partial charge is 0.351 e. The zero-order valence-corrected chi connectivity index (χ0v) is 16.1. The molecule has 3 aromatic rings. The summed E-state index contributed by atoms with van der Waals surface area (Å²) in [6.45, 7) is 2.15. The number of halogens is 1. The summed E-state index contributed by atoms with van der Waals surface area (Å²) in [5, 5.41) is 9.72. The maximum atomic E-state index is 13.5. The van der Waals surface area contributed by atoms with E-state index in [1.807, 2.05) is 6.07 Å². The number of fused-ring (bicyclic) bond motifs is 1. The SMILES string of the molecule is CC(=O)N1CCCc2c(-c3ccnc(NC4CC4)n3)c(-c3ccc(F)cc3)nn21. The van der Waals surface area contributed by atoms with E-state index < -0.39 is 0 Å². The van der Waals surface area contributed by atoms with Crippen LogP contribution in [0.5, 0.6) is 0 Å². The van der Waals surface area contributed by atoms with Crippen molar-refractivity contribution < 1.29 is 9.18 Å². The third-order valence-electron chi connectivity index (χ3n) is 5.28. The summed E-state index contributed by atoms with van der Waals surface area (Å²) in [4.78, 5) is 22.9. The number of aromatic nitrogens is 4. The van der Waals surface area contributed by atoms with E-state index in [2.05, 4.69) is 10.3 Å². The first-order chi connectivity index (χ1) is 14.1. The topological polar surface area (TPSA) is 75.9 Å². The van der Waals surface area contributed by atoms with Gasteiger partial charge in [0.1, 0.15) is 11.5 Å². The Bertz CT molecular complexity index is 1070. The number of amides is 1. The van der Waals surface area contributed by atoms with Gasteiger partial charge in [0.05, 0.1) is 17.0 Å². The average molecular weight is 392 g/mol. The summed E-state index contributed by atoms with van der Waals surface area (Å²) >= 11 is 0. The molecule has 7 nitrogen and oxygen atoms in total. The molecular formula is C21H21FN6O. The summed E-state index contributed by atoms with van der Waals surface area (Å²) in [6.07, 6.45) is 5.62. The molecule has 0 radical (unpaired) electrons. The minimum atomic E-state index is -0.303. The Balaban J connectivity index is 1.68. The molecule has 0 saturated heterocycles. The van der Waals surface area contributed by atoms with Crippen LogP contribution >= 0.6 is 0 Å². The van der Waals surface area contributed by atoms with Gasteiger partial charge in [-0.1, -0.05) is 0 Å². The smallest absolute Gasteiger partial charge is 0.239 e. The van der Waals surface area contributed by atoms with Crippen LogP contribution < -0.4 is 10.3 Å². The molecule has 1 N–H and O–H groups in total. The maximum absolute atomic E-state index is 13.5. The second-order valence-electron chi connectivity index (χ2n) is 7.50. The van der Waals surface area contributed by atoms with Gasteiger partial charge in [0.15, 0.2) is 0 Å². The predicted octanol–water partition coefficient (Wildman–Crippen LogP) is 3.15. The van der Waals surface area contributed by atoms with Crippen molar-refractivity contribution in [3.8, 4) is 22.5 Å². The number of carbonyl (C=O) groups is 1. The van der Waals surface area contributed by atoms with Gasteiger partial charge in [-0.2, -0.15) is 9.89 Å². The van der Waals surface area contributed by atoms with Crippen molar-refractivity contribution in [2.75, 3.05) is 16.9 Å². The van der Waals surface area contributed by atoms with Crippen molar-refractivity contribution in [3.63, 3.8) is 0 Å². The number of benzene rings is 1. The van der Waals surface area contributed by atoms with Crippen LogP contribution in [0.3, 0.4) is 0 Å². The first-order valence-corrected chi connectivity index (χ1v) is 9.86. The molecule has 29 heavy (non-hydrogen) atoms. The molecule has 3 heterocycles. The highest BCUT2D eigenvalue weighted by molar-refractivity contribution is 5.86. The fourth-order valence-corrected chi connectivity index (χ4v) is 3.70. The van der Waals surface area contributed by atoms with Crippen molar-refractivity contribution in [3.05, 3.63) is 48.0 Å². The molecule has 1 aliphatic heterocycles. The molecule has 8 heteroatoms. The zero-order valence-electron chi connectivity index (χ0n) is 16.1. The van der Waals surface area contributed by atoms with Crippen LogP contribution in [-0.4, -0.2) is 38.4 Å². The van der Waals surface area contributed by atoms with Crippen molar-refractivity contribution in [1.82, 2.24) is 19.9 Å². The first kappa shape index (κ1) is 17.8. The standard InChI is InChI=1S/C21H21FN6O/c1-13(29)27-12-2-3-18-19(17-10-11-23-21(25-17)24-16-8-9-16)20(26-28(18)27)14-4-6-15(22)7-5-14/h4-7,10-11,16H,2-3,8-9,12H2,1H3,(H,23,24,25). The molecule has 0 spiro atoms. The van der Waals surface area contributed by atoms with Gasteiger partial charge in [0.25, 0.3) is 0 Å². The van der Waals surface area contributed by atoms with E-state index in [9.17, 15) is 9.18 Å². The third-order valence-corrected chi connectivity index (χ3v) is 5.28. The molecule has 5 rings (SSSR count). The first-order valence-electron chi connectivity index (χ1n) is 9.86. The number of hydrogen-bond donors (Lipinski definition) is 1. The Morgan fingerprint density at radius 2 is 2.00 bits per heavy atom. The van der Waals surface area contributed by atoms with Gasteiger partial charge >= 0.3 is 0 Å². The molecule has 1 fully saturated rings. The number of nitrogens with zero attached hydrogens (tertiary/aromatic N) is 5. The molecule has 2 aromatic heterocycles. The van der Waals surface area contributed by atoms with E-state index in [0.29, 0.717) is 24.2 Å². The summed E-state index contributed by atoms with van der Waals surface area (Å²) in [5.74, 6) is 0.223. The number of hydrogen-bond acceptors (Lipinski definition) is 5. The normalized spacial score (nSPS) is 15.9. The Morgan fingerprint density at radius 1 is 1.21 bits per heavy atom. The van der Waals surface area contributed by atoms with E-state index in [-0.39, 0.29) is 11.7 Å². The second kappa shape index (κ2) is 6.95. The van der Waals surface area contributed by atoms with Gasteiger partial charge in [-0.05, 0) is 56.0 Å². The van der Waals surface area contributed by atoms with Gasteiger partial charge < -0.3 is 5.32 Å². The van der Waals surface area contributed by atoms with Crippen molar-refractivity contribution >= 4 is 11.9 Å². The molecule has 0 bridgehead atoms. The zero-order chi connectivity index (χ0) is 20.0. The molecule has 0 unspecified atom stereocenters. The monoisotopic (exact) mass is 392 g/mol. The third kappa shape index (κ3) is 3.35. The Labute approximate surface area is 167 Å². The van der Waals surface area contributed by atoms with E-state index in [1.54, 1.807) is 28.1 Å². The Morgan fingerprint density at radius 3 is 2.72 bits per heavy atom. The molecule has 1 amide bonds. The van der Waals surface area contributed by atoms with E-state index in [0.717, 1.165) is 48.2 Å². The minimum absolute atomic E-state index is 0.0653. The quantitative estimate of drug-likeness (QED) is 0.738. The van der Waals surface area contributed by atoms with Crippen LogP contribution in [0.4, 0.5) is 10.3 Å². The number of carbonyl (C=O) groups excluding carboxylic acids is 1. The lowest BCUT2D eigenvalue weighted by molar-refractivity contribution is -0.118. The molecule has 1 aliphatic carbocycles.